The van der Waals surface area contributed by atoms with E-state index in [0.717, 1.165) is 31.2 Å². The Kier molecular flexibility index (Phi) is 2.80. The molecule has 0 atom stereocenters. The Morgan fingerprint density at radius 3 is 2.58 bits per heavy atom. The summed E-state index contributed by atoms with van der Waals surface area (Å²) in [5.74, 6) is 0.598. The van der Waals surface area contributed by atoms with Crippen LogP contribution in [0.1, 0.15) is 5.56 Å². The molecule has 0 bridgehead atoms. The molecule has 2 aromatic heterocycles. The third-order valence-corrected chi connectivity index (χ3v) is 4.27. The second-order valence-corrected chi connectivity index (χ2v) is 5.92. The SMILES string of the molecule is Cc1c(-c2ccc(Cl)s2)ccc2nc(N)nc(N)c12. The highest BCUT2D eigenvalue weighted by Gasteiger charge is 2.12. The number of nitrogen functional groups attached to an aromatic ring is 2. The molecule has 4 nitrogen and oxygen atoms in total. The zero-order valence-electron chi connectivity index (χ0n) is 10.1. The van der Waals surface area contributed by atoms with Crippen LogP contribution in [0.5, 0.6) is 0 Å². The molecular weight excluding hydrogens is 280 g/mol. The van der Waals surface area contributed by atoms with Crippen LogP contribution >= 0.6 is 22.9 Å². The number of halogens is 1. The van der Waals surface area contributed by atoms with Crippen LogP contribution in [0, 0.1) is 6.92 Å². The van der Waals surface area contributed by atoms with Crippen molar-refractivity contribution in [3.05, 3.63) is 34.2 Å². The van der Waals surface area contributed by atoms with E-state index in [4.69, 9.17) is 23.1 Å². The lowest BCUT2D eigenvalue weighted by molar-refractivity contribution is 1.24. The number of anilines is 2. The molecule has 0 spiro atoms. The van der Waals surface area contributed by atoms with Gasteiger partial charge >= 0.3 is 0 Å². The van der Waals surface area contributed by atoms with Gasteiger partial charge in [-0.3, -0.25) is 0 Å². The molecule has 19 heavy (non-hydrogen) atoms. The monoisotopic (exact) mass is 290 g/mol. The molecule has 2 heterocycles. The Bertz CT molecular complexity index is 782. The van der Waals surface area contributed by atoms with E-state index in [2.05, 4.69) is 9.97 Å². The zero-order valence-corrected chi connectivity index (χ0v) is 11.7. The number of nitrogens with two attached hydrogens (primary N) is 2. The van der Waals surface area contributed by atoms with Crippen LogP contribution < -0.4 is 11.5 Å². The van der Waals surface area contributed by atoms with Crippen LogP contribution in [0.2, 0.25) is 4.34 Å². The fourth-order valence-electron chi connectivity index (χ4n) is 2.17. The smallest absolute Gasteiger partial charge is 0.222 e. The van der Waals surface area contributed by atoms with Gasteiger partial charge in [-0.25, -0.2) is 4.98 Å². The average molecular weight is 291 g/mol. The molecule has 96 valence electrons. The Balaban J connectivity index is 2.32. The molecule has 3 rings (SSSR count). The van der Waals surface area contributed by atoms with Crippen LogP contribution in [-0.4, -0.2) is 9.97 Å². The van der Waals surface area contributed by atoms with E-state index in [9.17, 15) is 0 Å². The van der Waals surface area contributed by atoms with E-state index in [0.29, 0.717) is 5.82 Å². The van der Waals surface area contributed by atoms with Crippen molar-refractivity contribution in [3.63, 3.8) is 0 Å². The summed E-state index contributed by atoms with van der Waals surface area (Å²) in [6.07, 6.45) is 0. The molecule has 0 amide bonds. The molecule has 6 heteroatoms. The van der Waals surface area contributed by atoms with E-state index in [-0.39, 0.29) is 5.95 Å². The van der Waals surface area contributed by atoms with Crippen LogP contribution in [0.4, 0.5) is 11.8 Å². The molecule has 0 aliphatic carbocycles. The van der Waals surface area contributed by atoms with Crippen molar-refractivity contribution in [2.75, 3.05) is 11.5 Å². The molecule has 1 aromatic carbocycles. The van der Waals surface area contributed by atoms with E-state index in [1.54, 1.807) is 0 Å². The van der Waals surface area contributed by atoms with Crippen molar-refractivity contribution in [1.82, 2.24) is 9.97 Å². The van der Waals surface area contributed by atoms with Gasteiger partial charge in [0.2, 0.25) is 5.95 Å². The van der Waals surface area contributed by atoms with Gasteiger partial charge in [0.15, 0.2) is 0 Å². The molecule has 4 N–H and O–H groups in total. The fraction of sp³-hybridized carbons (Fsp3) is 0.0769. The highest BCUT2D eigenvalue weighted by Crippen LogP contribution is 2.36. The quantitative estimate of drug-likeness (QED) is 0.719. The summed E-state index contributed by atoms with van der Waals surface area (Å²) >= 11 is 7.52. The van der Waals surface area contributed by atoms with E-state index < -0.39 is 0 Å². The first-order chi connectivity index (χ1) is 9.06. The van der Waals surface area contributed by atoms with Crippen LogP contribution in [-0.2, 0) is 0 Å². The van der Waals surface area contributed by atoms with E-state index >= 15 is 0 Å². The summed E-state index contributed by atoms with van der Waals surface area (Å²) in [7, 11) is 0. The van der Waals surface area contributed by atoms with E-state index in [1.165, 1.54) is 11.3 Å². The minimum absolute atomic E-state index is 0.191. The maximum Gasteiger partial charge on any atom is 0.222 e. The first kappa shape index (κ1) is 12.2. The number of hydrogen-bond donors (Lipinski definition) is 2. The summed E-state index contributed by atoms with van der Waals surface area (Å²) < 4.78 is 0.760. The maximum atomic E-state index is 5.99. The van der Waals surface area contributed by atoms with Crippen LogP contribution in [0.25, 0.3) is 21.3 Å². The topological polar surface area (TPSA) is 77.8 Å². The van der Waals surface area contributed by atoms with Gasteiger partial charge in [-0.1, -0.05) is 17.7 Å². The van der Waals surface area contributed by atoms with Gasteiger partial charge in [0, 0.05) is 10.3 Å². The minimum Gasteiger partial charge on any atom is -0.383 e. The number of thiophene rings is 1. The average Bonchev–Trinajstić information content (AvgIpc) is 2.75. The van der Waals surface area contributed by atoms with Crippen LogP contribution in [0.3, 0.4) is 0 Å². The number of fused-ring (bicyclic) bond motifs is 1. The minimum atomic E-state index is 0.191. The summed E-state index contributed by atoms with van der Waals surface area (Å²) in [4.78, 5) is 9.32. The molecule has 0 fully saturated rings. The third kappa shape index (κ3) is 2.01. The van der Waals surface area contributed by atoms with Gasteiger partial charge in [0.05, 0.1) is 9.85 Å². The molecule has 0 saturated heterocycles. The van der Waals surface area contributed by atoms with Crippen molar-refractivity contribution in [1.29, 1.82) is 0 Å². The Hall–Kier alpha value is -1.85. The summed E-state index contributed by atoms with van der Waals surface area (Å²) in [5.41, 5.74) is 14.4. The van der Waals surface area contributed by atoms with Crippen molar-refractivity contribution in [3.8, 4) is 10.4 Å². The van der Waals surface area contributed by atoms with Crippen molar-refractivity contribution < 1.29 is 0 Å². The van der Waals surface area contributed by atoms with Gasteiger partial charge in [0.25, 0.3) is 0 Å². The Morgan fingerprint density at radius 2 is 1.89 bits per heavy atom. The number of aromatic nitrogens is 2. The summed E-state index contributed by atoms with van der Waals surface area (Å²) in [6, 6.07) is 7.79. The normalized spacial score (nSPS) is 11.1. The lowest BCUT2D eigenvalue weighted by Crippen LogP contribution is -2.01. The van der Waals surface area contributed by atoms with Gasteiger partial charge in [0.1, 0.15) is 5.82 Å². The van der Waals surface area contributed by atoms with E-state index in [1.807, 2.05) is 31.2 Å². The predicted molar refractivity (Wildman–Crippen MR) is 81.4 cm³/mol. The lowest BCUT2D eigenvalue weighted by Gasteiger charge is -2.09. The van der Waals surface area contributed by atoms with Crippen molar-refractivity contribution >= 4 is 45.6 Å². The number of rotatable bonds is 1. The third-order valence-electron chi connectivity index (χ3n) is 3.01. The maximum absolute atomic E-state index is 5.99. The molecule has 0 aliphatic heterocycles. The molecule has 0 radical (unpaired) electrons. The van der Waals surface area contributed by atoms with Crippen molar-refractivity contribution in [2.45, 2.75) is 6.92 Å². The fourth-order valence-corrected chi connectivity index (χ4v) is 3.29. The zero-order chi connectivity index (χ0) is 13.6. The van der Waals surface area contributed by atoms with Gasteiger partial charge < -0.3 is 11.5 Å². The first-order valence-electron chi connectivity index (χ1n) is 5.64. The van der Waals surface area contributed by atoms with Gasteiger partial charge in [-0.05, 0) is 36.2 Å². The number of benzene rings is 1. The summed E-state index contributed by atoms with van der Waals surface area (Å²) in [6.45, 7) is 2.00. The lowest BCUT2D eigenvalue weighted by atomic mass is 10.0. The Morgan fingerprint density at radius 1 is 1.11 bits per heavy atom. The number of hydrogen-bond acceptors (Lipinski definition) is 5. The molecular formula is C13H11ClN4S. The second kappa shape index (κ2) is 4.36. The van der Waals surface area contributed by atoms with Gasteiger partial charge in [-0.15, -0.1) is 11.3 Å². The van der Waals surface area contributed by atoms with Crippen LogP contribution in [0.15, 0.2) is 24.3 Å². The Labute approximate surface area is 119 Å². The second-order valence-electron chi connectivity index (χ2n) is 4.20. The number of aryl methyl sites for hydroxylation is 1. The van der Waals surface area contributed by atoms with Crippen molar-refractivity contribution in [2.24, 2.45) is 0 Å². The molecule has 0 saturated carbocycles. The molecule has 0 aliphatic rings. The predicted octanol–water partition coefficient (Wildman–Crippen LogP) is 3.48. The summed E-state index contributed by atoms with van der Waals surface area (Å²) in [5, 5.41) is 0.844. The highest BCUT2D eigenvalue weighted by atomic mass is 35.5. The molecule has 3 aromatic rings. The largest absolute Gasteiger partial charge is 0.383 e. The standard InChI is InChI=1S/C13H11ClN4S/c1-6-7(9-4-5-10(14)19-9)2-3-8-11(6)12(15)18-13(16)17-8/h2-5H,1H3,(H4,15,16,17,18). The number of nitrogens with zero attached hydrogens (tertiary/aromatic N) is 2. The first-order valence-corrected chi connectivity index (χ1v) is 6.83. The molecule has 0 unspecified atom stereocenters. The highest BCUT2D eigenvalue weighted by molar-refractivity contribution is 7.19. The van der Waals surface area contributed by atoms with Gasteiger partial charge in [-0.2, -0.15) is 4.98 Å².